The van der Waals surface area contributed by atoms with Crippen molar-refractivity contribution in [2.45, 2.75) is 19.4 Å². The van der Waals surface area contributed by atoms with Gasteiger partial charge in [0.15, 0.2) is 0 Å². The highest BCUT2D eigenvalue weighted by Gasteiger charge is 2.17. The van der Waals surface area contributed by atoms with Gasteiger partial charge in [-0.2, -0.15) is 0 Å². The van der Waals surface area contributed by atoms with Gasteiger partial charge in [-0.05, 0) is 30.2 Å². The Morgan fingerprint density at radius 3 is 2.68 bits per heavy atom. The molecule has 0 aliphatic rings. The molecule has 0 aliphatic heterocycles. The summed E-state index contributed by atoms with van der Waals surface area (Å²) in [6, 6.07) is 10.3. The zero-order valence-electron chi connectivity index (χ0n) is 12.9. The highest BCUT2D eigenvalue weighted by molar-refractivity contribution is 5.89. The Labute approximate surface area is 129 Å². The molecular weight excluding hydrogens is 282 g/mol. The molecule has 1 unspecified atom stereocenters. The van der Waals surface area contributed by atoms with Crippen LogP contribution in [0.3, 0.4) is 0 Å². The fraction of sp³-hybridized carbons (Fsp3) is 0.294. The van der Waals surface area contributed by atoms with Crippen LogP contribution < -0.4 is 10.3 Å². The van der Waals surface area contributed by atoms with E-state index in [1.54, 1.807) is 26.4 Å². The molecule has 116 valence electrons. The van der Waals surface area contributed by atoms with E-state index in [1.807, 2.05) is 31.2 Å². The van der Waals surface area contributed by atoms with Crippen molar-refractivity contribution in [1.29, 1.82) is 0 Å². The largest absolute Gasteiger partial charge is 0.497 e. The second-order valence-electron chi connectivity index (χ2n) is 4.94. The number of benzene rings is 1. The van der Waals surface area contributed by atoms with Crippen LogP contribution in [0.4, 0.5) is 0 Å². The van der Waals surface area contributed by atoms with E-state index in [2.05, 4.69) is 0 Å². The van der Waals surface area contributed by atoms with Gasteiger partial charge in [0.2, 0.25) is 0 Å². The van der Waals surface area contributed by atoms with Gasteiger partial charge in [0.05, 0.1) is 12.7 Å². The number of ether oxygens (including phenoxy) is 2. The SMILES string of the molecule is CCC(OC(=O)c1ccn(C)c(=O)c1)c1cccc(OC)c1. The zero-order valence-corrected chi connectivity index (χ0v) is 12.9. The highest BCUT2D eigenvalue weighted by Crippen LogP contribution is 2.25. The number of pyridine rings is 1. The summed E-state index contributed by atoms with van der Waals surface area (Å²) in [5, 5.41) is 0. The Kier molecular flexibility index (Phi) is 4.99. The minimum absolute atomic E-state index is 0.246. The first-order chi connectivity index (χ1) is 10.5. The Balaban J connectivity index is 2.20. The predicted molar refractivity (Wildman–Crippen MR) is 83.1 cm³/mol. The average Bonchev–Trinajstić information content (AvgIpc) is 2.54. The van der Waals surface area contributed by atoms with Crippen LogP contribution in [0.25, 0.3) is 0 Å². The Bertz CT molecular complexity index is 721. The van der Waals surface area contributed by atoms with Crippen molar-refractivity contribution in [3.8, 4) is 5.75 Å². The van der Waals surface area contributed by atoms with Gasteiger partial charge in [-0.1, -0.05) is 19.1 Å². The van der Waals surface area contributed by atoms with Crippen LogP contribution in [0.1, 0.15) is 35.4 Å². The Hall–Kier alpha value is -2.56. The fourth-order valence-electron chi connectivity index (χ4n) is 2.10. The molecule has 0 spiro atoms. The van der Waals surface area contributed by atoms with Crippen LogP contribution >= 0.6 is 0 Å². The van der Waals surface area contributed by atoms with Gasteiger partial charge in [-0.15, -0.1) is 0 Å². The summed E-state index contributed by atoms with van der Waals surface area (Å²) in [5.41, 5.74) is 0.868. The molecule has 0 radical (unpaired) electrons. The van der Waals surface area contributed by atoms with Crippen LogP contribution in [-0.4, -0.2) is 17.6 Å². The van der Waals surface area contributed by atoms with Gasteiger partial charge >= 0.3 is 5.97 Å². The van der Waals surface area contributed by atoms with Gasteiger partial charge in [0.25, 0.3) is 5.56 Å². The molecule has 1 aromatic carbocycles. The van der Waals surface area contributed by atoms with Crippen molar-refractivity contribution in [3.63, 3.8) is 0 Å². The van der Waals surface area contributed by atoms with Crippen molar-refractivity contribution in [2.24, 2.45) is 7.05 Å². The maximum Gasteiger partial charge on any atom is 0.338 e. The number of methoxy groups -OCH3 is 1. The van der Waals surface area contributed by atoms with Gasteiger partial charge in [0, 0.05) is 19.3 Å². The third-order valence-electron chi connectivity index (χ3n) is 3.43. The molecule has 22 heavy (non-hydrogen) atoms. The summed E-state index contributed by atoms with van der Waals surface area (Å²) in [5.74, 6) is 0.202. The van der Waals surface area contributed by atoms with E-state index >= 15 is 0 Å². The summed E-state index contributed by atoms with van der Waals surface area (Å²) >= 11 is 0. The van der Waals surface area contributed by atoms with E-state index in [0.717, 1.165) is 5.56 Å². The zero-order chi connectivity index (χ0) is 16.1. The Morgan fingerprint density at radius 2 is 2.05 bits per heavy atom. The first-order valence-corrected chi connectivity index (χ1v) is 7.06. The maximum absolute atomic E-state index is 12.2. The summed E-state index contributed by atoms with van der Waals surface area (Å²) in [4.78, 5) is 23.8. The highest BCUT2D eigenvalue weighted by atomic mass is 16.5. The molecule has 5 nitrogen and oxygen atoms in total. The van der Waals surface area contributed by atoms with Crippen LogP contribution in [0.5, 0.6) is 5.75 Å². The standard InChI is InChI=1S/C17H19NO4/c1-4-15(12-6-5-7-14(10-12)21-3)22-17(20)13-8-9-18(2)16(19)11-13/h5-11,15H,4H2,1-3H3. The van der Waals surface area contributed by atoms with Crippen LogP contribution in [-0.2, 0) is 11.8 Å². The van der Waals surface area contributed by atoms with E-state index in [0.29, 0.717) is 12.2 Å². The summed E-state index contributed by atoms with van der Waals surface area (Å²) < 4.78 is 12.1. The third kappa shape index (κ3) is 3.55. The number of aromatic nitrogens is 1. The molecule has 0 fully saturated rings. The Morgan fingerprint density at radius 1 is 1.27 bits per heavy atom. The van der Waals surface area contributed by atoms with Crippen LogP contribution in [0.2, 0.25) is 0 Å². The lowest BCUT2D eigenvalue weighted by Gasteiger charge is -2.17. The number of hydrogen-bond donors (Lipinski definition) is 0. The number of carbonyl (C=O) groups is 1. The smallest absolute Gasteiger partial charge is 0.338 e. The molecule has 0 N–H and O–H groups in total. The molecule has 0 bridgehead atoms. The first-order valence-electron chi connectivity index (χ1n) is 7.06. The van der Waals surface area contributed by atoms with E-state index in [9.17, 15) is 9.59 Å². The normalized spacial score (nSPS) is 11.8. The summed E-state index contributed by atoms with van der Waals surface area (Å²) in [6.45, 7) is 1.93. The number of esters is 1. The number of aryl methyl sites for hydroxylation is 1. The number of nitrogens with zero attached hydrogens (tertiary/aromatic N) is 1. The van der Waals surface area contributed by atoms with Gasteiger partial charge < -0.3 is 14.0 Å². The summed E-state index contributed by atoms with van der Waals surface area (Å²) in [6.07, 6.45) is 1.79. The topological polar surface area (TPSA) is 57.5 Å². The second kappa shape index (κ2) is 6.93. The molecule has 0 saturated heterocycles. The molecule has 1 atom stereocenters. The number of hydrogen-bond acceptors (Lipinski definition) is 4. The van der Waals surface area contributed by atoms with Crippen molar-refractivity contribution >= 4 is 5.97 Å². The maximum atomic E-state index is 12.2. The monoisotopic (exact) mass is 301 g/mol. The van der Waals surface area contributed by atoms with Gasteiger partial charge in [0.1, 0.15) is 11.9 Å². The fourth-order valence-corrected chi connectivity index (χ4v) is 2.10. The quantitative estimate of drug-likeness (QED) is 0.797. The molecule has 1 heterocycles. The van der Waals surface area contributed by atoms with E-state index in [4.69, 9.17) is 9.47 Å². The van der Waals surface area contributed by atoms with Crippen LogP contribution in [0.15, 0.2) is 47.4 Å². The number of rotatable bonds is 5. The molecule has 0 amide bonds. The lowest BCUT2D eigenvalue weighted by Crippen LogP contribution is -2.18. The van der Waals surface area contributed by atoms with E-state index in [1.165, 1.54) is 10.6 Å². The minimum atomic E-state index is -0.507. The second-order valence-corrected chi connectivity index (χ2v) is 4.94. The number of carbonyl (C=O) groups excluding carboxylic acids is 1. The lowest BCUT2D eigenvalue weighted by molar-refractivity contribution is 0.0287. The van der Waals surface area contributed by atoms with Crippen molar-refractivity contribution in [3.05, 3.63) is 64.1 Å². The van der Waals surface area contributed by atoms with Gasteiger partial charge in [-0.25, -0.2) is 4.79 Å². The lowest BCUT2D eigenvalue weighted by atomic mass is 10.1. The predicted octanol–water partition coefficient (Wildman–Crippen LogP) is 2.70. The van der Waals surface area contributed by atoms with Crippen molar-refractivity contribution in [1.82, 2.24) is 4.57 Å². The molecule has 5 heteroatoms. The summed E-state index contributed by atoms with van der Waals surface area (Å²) in [7, 11) is 3.22. The van der Waals surface area contributed by atoms with Gasteiger partial charge in [-0.3, -0.25) is 4.79 Å². The molecule has 2 rings (SSSR count). The molecular formula is C17H19NO4. The molecule has 1 aromatic heterocycles. The van der Waals surface area contributed by atoms with Crippen molar-refractivity contribution in [2.75, 3.05) is 7.11 Å². The minimum Gasteiger partial charge on any atom is -0.497 e. The third-order valence-corrected chi connectivity index (χ3v) is 3.43. The van der Waals surface area contributed by atoms with Crippen molar-refractivity contribution < 1.29 is 14.3 Å². The average molecular weight is 301 g/mol. The molecule has 0 saturated carbocycles. The van der Waals surface area contributed by atoms with Crippen LogP contribution in [0, 0.1) is 0 Å². The first kappa shape index (κ1) is 15.8. The van der Waals surface area contributed by atoms with E-state index < -0.39 is 5.97 Å². The van der Waals surface area contributed by atoms with E-state index in [-0.39, 0.29) is 17.2 Å². The molecule has 0 aliphatic carbocycles. The molecule has 2 aromatic rings.